The maximum atomic E-state index is 12.5. The summed E-state index contributed by atoms with van der Waals surface area (Å²) in [7, 11) is 0. The van der Waals surface area contributed by atoms with Gasteiger partial charge in [0, 0.05) is 0 Å². The Kier molecular flexibility index (Phi) is 12.8. The molecule has 12 nitrogen and oxygen atoms in total. The quantitative estimate of drug-likeness (QED) is 0.131. The van der Waals surface area contributed by atoms with Crippen molar-refractivity contribution in [1.82, 2.24) is 16.0 Å². The van der Waals surface area contributed by atoms with E-state index in [1.54, 1.807) is 13.8 Å². The van der Waals surface area contributed by atoms with Crippen LogP contribution < -0.4 is 27.4 Å². The molecule has 30 heavy (non-hydrogen) atoms. The molecule has 0 aliphatic rings. The molecule has 5 atom stereocenters. The van der Waals surface area contributed by atoms with Crippen LogP contribution in [-0.4, -0.2) is 82.4 Å². The van der Waals surface area contributed by atoms with Crippen molar-refractivity contribution in [2.45, 2.75) is 70.3 Å². The van der Waals surface area contributed by atoms with E-state index in [9.17, 15) is 34.5 Å². The number of carboxylic acids is 1. The number of hydrogen-bond acceptors (Lipinski definition) is 8. The molecule has 0 fully saturated rings. The van der Waals surface area contributed by atoms with E-state index in [1.165, 1.54) is 6.92 Å². The van der Waals surface area contributed by atoms with Crippen molar-refractivity contribution in [2.75, 3.05) is 13.2 Å². The summed E-state index contributed by atoms with van der Waals surface area (Å²) in [6, 6.07) is -5.04. The topological polar surface area (TPSA) is 217 Å². The summed E-state index contributed by atoms with van der Waals surface area (Å²) in [5, 5.41) is 35.3. The molecule has 0 aliphatic heterocycles. The number of amides is 3. The third-order valence-electron chi connectivity index (χ3n) is 4.46. The number of nitrogens with one attached hydrogen (secondary N) is 3. The number of hydrogen-bond donors (Lipinski definition) is 8. The van der Waals surface area contributed by atoms with Gasteiger partial charge in [-0.15, -0.1) is 0 Å². The third-order valence-corrected chi connectivity index (χ3v) is 4.46. The Morgan fingerprint density at radius 3 is 1.90 bits per heavy atom. The van der Waals surface area contributed by atoms with Gasteiger partial charge in [0.25, 0.3) is 0 Å². The summed E-state index contributed by atoms with van der Waals surface area (Å²) in [4.78, 5) is 48.2. The molecule has 0 aromatic heterocycles. The van der Waals surface area contributed by atoms with Crippen LogP contribution in [0.15, 0.2) is 0 Å². The van der Waals surface area contributed by atoms with Crippen molar-refractivity contribution in [3.05, 3.63) is 0 Å². The van der Waals surface area contributed by atoms with Crippen LogP contribution in [-0.2, 0) is 19.2 Å². The lowest BCUT2D eigenvalue weighted by Crippen LogP contribution is -2.60. The molecule has 0 saturated heterocycles. The molecule has 0 aromatic carbocycles. The Hall–Kier alpha value is -2.28. The predicted octanol–water partition coefficient (Wildman–Crippen LogP) is -2.99. The van der Waals surface area contributed by atoms with Crippen molar-refractivity contribution in [3.8, 4) is 0 Å². The molecule has 0 saturated carbocycles. The summed E-state index contributed by atoms with van der Waals surface area (Å²) in [6.07, 6.45) is -0.146. The number of unbranched alkanes of at least 4 members (excludes halogenated alkanes) is 1. The molecule has 10 N–H and O–H groups in total. The van der Waals surface area contributed by atoms with Gasteiger partial charge in [-0.25, -0.2) is 4.79 Å². The number of rotatable bonds is 14. The molecule has 0 radical (unpaired) electrons. The summed E-state index contributed by atoms with van der Waals surface area (Å²) < 4.78 is 0. The maximum absolute atomic E-state index is 12.5. The third kappa shape index (κ3) is 9.48. The normalized spacial score (nSPS) is 16.1. The highest BCUT2D eigenvalue weighted by Gasteiger charge is 2.32. The van der Waals surface area contributed by atoms with Gasteiger partial charge in [0.1, 0.15) is 18.1 Å². The molecule has 0 aromatic rings. The number of aliphatic carboxylic acids is 1. The van der Waals surface area contributed by atoms with Gasteiger partial charge in [0.05, 0.1) is 18.8 Å². The Bertz CT molecular complexity index is 585. The molecule has 0 spiro atoms. The lowest BCUT2D eigenvalue weighted by molar-refractivity contribution is -0.143. The number of aliphatic hydroxyl groups is 2. The Labute approximate surface area is 175 Å². The van der Waals surface area contributed by atoms with Crippen LogP contribution in [0.1, 0.15) is 40.0 Å². The summed E-state index contributed by atoms with van der Waals surface area (Å²) >= 11 is 0. The minimum atomic E-state index is -1.48. The average Bonchev–Trinajstić information content (AvgIpc) is 2.67. The molecule has 0 heterocycles. The van der Waals surface area contributed by atoms with E-state index in [0.717, 1.165) is 0 Å². The Morgan fingerprint density at radius 1 is 0.900 bits per heavy atom. The fourth-order valence-corrected chi connectivity index (χ4v) is 2.44. The van der Waals surface area contributed by atoms with Gasteiger partial charge in [0.2, 0.25) is 17.7 Å². The lowest BCUT2D eigenvalue weighted by atomic mass is 10.0. The van der Waals surface area contributed by atoms with E-state index in [4.69, 9.17) is 11.5 Å². The molecule has 0 bridgehead atoms. The average molecular weight is 434 g/mol. The highest BCUT2D eigenvalue weighted by molar-refractivity contribution is 5.94. The van der Waals surface area contributed by atoms with E-state index in [-0.39, 0.29) is 12.3 Å². The van der Waals surface area contributed by atoms with Gasteiger partial charge >= 0.3 is 5.97 Å². The number of aliphatic hydroxyl groups excluding tert-OH is 2. The molecular formula is C18H35N5O7. The number of carboxylic acid groups (broad SMARTS) is 1. The molecule has 0 aliphatic carbocycles. The molecule has 5 unspecified atom stereocenters. The summed E-state index contributed by atoms with van der Waals surface area (Å²) in [5.74, 6) is -3.99. The standard InChI is InChI=1S/C18H35N5O7/c1-9(2)13(20)16(27)23-14(10(3)25)17(28)22-12(8-24)15(26)21-11(18(29)30)6-4-5-7-19/h9-14,24-25H,4-8,19-20H2,1-3H3,(H,21,26)(H,22,28)(H,23,27)(H,29,30). The highest BCUT2D eigenvalue weighted by atomic mass is 16.4. The van der Waals surface area contributed by atoms with Crippen LogP contribution in [0.25, 0.3) is 0 Å². The zero-order valence-electron chi connectivity index (χ0n) is 17.6. The van der Waals surface area contributed by atoms with Gasteiger partial charge in [0.15, 0.2) is 0 Å². The minimum absolute atomic E-state index is 0.129. The van der Waals surface area contributed by atoms with Crippen molar-refractivity contribution in [1.29, 1.82) is 0 Å². The van der Waals surface area contributed by atoms with Crippen molar-refractivity contribution < 1.29 is 34.5 Å². The van der Waals surface area contributed by atoms with E-state index in [2.05, 4.69) is 16.0 Å². The van der Waals surface area contributed by atoms with Crippen molar-refractivity contribution >= 4 is 23.7 Å². The van der Waals surface area contributed by atoms with Gasteiger partial charge in [-0.2, -0.15) is 0 Å². The number of carbonyl (C=O) groups is 4. The summed E-state index contributed by atoms with van der Waals surface area (Å²) in [6.45, 7) is 4.24. The number of nitrogens with two attached hydrogens (primary N) is 2. The second kappa shape index (κ2) is 13.9. The van der Waals surface area contributed by atoms with Gasteiger partial charge < -0.3 is 42.7 Å². The monoisotopic (exact) mass is 433 g/mol. The largest absolute Gasteiger partial charge is 0.480 e. The fraction of sp³-hybridized carbons (Fsp3) is 0.778. The predicted molar refractivity (Wildman–Crippen MR) is 108 cm³/mol. The first kappa shape index (κ1) is 27.7. The fourth-order valence-electron chi connectivity index (χ4n) is 2.44. The first-order valence-corrected chi connectivity index (χ1v) is 9.84. The Morgan fingerprint density at radius 2 is 1.47 bits per heavy atom. The van der Waals surface area contributed by atoms with E-state index in [1.807, 2.05) is 0 Å². The molecular weight excluding hydrogens is 398 g/mol. The molecule has 174 valence electrons. The lowest BCUT2D eigenvalue weighted by Gasteiger charge is -2.26. The van der Waals surface area contributed by atoms with Gasteiger partial charge in [-0.05, 0) is 38.6 Å². The molecule has 0 rings (SSSR count). The zero-order chi connectivity index (χ0) is 23.4. The van der Waals surface area contributed by atoms with Crippen LogP contribution in [0.5, 0.6) is 0 Å². The highest BCUT2D eigenvalue weighted by Crippen LogP contribution is 2.03. The molecule has 12 heteroatoms. The van der Waals surface area contributed by atoms with Crippen LogP contribution >= 0.6 is 0 Å². The maximum Gasteiger partial charge on any atom is 0.326 e. The zero-order valence-corrected chi connectivity index (χ0v) is 17.6. The first-order chi connectivity index (χ1) is 14.0. The number of carbonyl (C=O) groups excluding carboxylic acids is 3. The van der Waals surface area contributed by atoms with E-state index < -0.39 is 60.6 Å². The second-order valence-electron chi connectivity index (χ2n) is 7.42. The van der Waals surface area contributed by atoms with Crippen molar-refractivity contribution in [3.63, 3.8) is 0 Å². The van der Waals surface area contributed by atoms with Crippen LogP contribution in [0.4, 0.5) is 0 Å². The molecule has 3 amide bonds. The van der Waals surface area contributed by atoms with Crippen LogP contribution in [0, 0.1) is 5.92 Å². The van der Waals surface area contributed by atoms with E-state index in [0.29, 0.717) is 19.4 Å². The van der Waals surface area contributed by atoms with E-state index >= 15 is 0 Å². The minimum Gasteiger partial charge on any atom is -0.480 e. The van der Waals surface area contributed by atoms with Crippen LogP contribution in [0.2, 0.25) is 0 Å². The van der Waals surface area contributed by atoms with Crippen molar-refractivity contribution in [2.24, 2.45) is 17.4 Å². The smallest absolute Gasteiger partial charge is 0.326 e. The van der Waals surface area contributed by atoms with Gasteiger partial charge in [-0.3, -0.25) is 14.4 Å². The Balaban J connectivity index is 5.11. The SMILES string of the molecule is CC(C)C(N)C(=O)NC(C(=O)NC(CO)C(=O)NC(CCCCN)C(=O)O)C(C)O. The van der Waals surface area contributed by atoms with Gasteiger partial charge in [-0.1, -0.05) is 13.8 Å². The second-order valence-corrected chi connectivity index (χ2v) is 7.42. The summed E-state index contributed by atoms with van der Waals surface area (Å²) in [5.41, 5.74) is 11.1. The van der Waals surface area contributed by atoms with Crippen LogP contribution in [0.3, 0.4) is 0 Å². The first-order valence-electron chi connectivity index (χ1n) is 9.84.